The first kappa shape index (κ1) is 14.5. The summed E-state index contributed by atoms with van der Waals surface area (Å²) in [6.07, 6.45) is 1.84. The van der Waals surface area contributed by atoms with Crippen LogP contribution >= 0.6 is 0 Å². The summed E-state index contributed by atoms with van der Waals surface area (Å²) in [5, 5.41) is 13.5. The van der Waals surface area contributed by atoms with Gasteiger partial charge in [0, 0.05) is 18.1 Å². The van der Waals surface area contributed by atoms with Crippen LogP contribution in [0.1, 0.15) is 30.6 Å². The van der Waals surface area contributed by atoms with Gasteiger partial charge in [-0.25, -0.2) is 0 Å². The van der Waals surface area contributed by atoms with Crippen molar-refractivity contribution in [2.75, 3.05) is 6.54 Å². The zero-order valence-corrected chi connectivity index (χ0v) is 11.8. The summed E-state index contributed by atoms with van der Waals surface area (Å²) in [5.74, 6) is 0.207. The third-order valence-electron chi connectivity index (χ3n) is 3.12. The van der Waals surface area contributed by atoms with Gasteiger partial charge in [-0.05, 0) is 24.5 Å². The van der Waals surface area contributed by atoms with Gasteiger partial charge in [0.25, 0.3) is 5.91 Å². The molecule has 2 aromatic rings. The average molecular weight is 272 g/mol. The Morgan fingerprint density at radius 3 is 2.80 bits per heavy atom. The molecule has 0 aliphatic carbocycles. The standard InChI is InChI=1S/C16H20N2O2/c1-11(2)9-13(19)10-18-16(20)14-7-3-5-12-6-4-8-17-15(12)14/h3-8,11,13,19H,9-10H2,1-2H3,(H,18,20). The molecule has 0 bridgehead atoms. The van der Waals surface area contributed by atoms with E-state index in [4.69, 9.17) is 0 Å². The monoisotopic (exact) mass is 272 g/mol. The van der Waals surface area contributed by atoms with Crippen molar-refractivity contribution in [1.29, 1.82) is 0 Å². The molecule has 0 spiro atoms. The molecule has 4 heteroatoms. The second-order valence-corrected chi connectivity index (χ2v) is 5.37. The highest BCUT2D eigenvalue weighted by molar-refractivity contribution is 6.05. The van der Waals surface area contributed by atoms with E-state index in [1.807, 2.05) is 38.1 Å². The van der Waals surface area contributed by atoms with Crippen molar-refractivity contribution in [2.24, 2.45) is 5.92 Å². The molecule has 0 saturated heterocycles. The first-order valence-electron chi connectivity index (χ1n) is 6.88. The molecule has 2 N–H and O–H groups in total. The number of hydrogen-bond donors (Lipinski definition) is 2. The summed E-state index contributed by atoms with van der Waals surface area (Å²) >= 11 is 0. The van der Waals surface area contributed by atoms with E-state index in [-0.39, 0.29) is 12.5 Å². The second kappa shape index (κ2) is 6.48. The van der Waals surface area contributed by atoms with Crippen LogP contribution in [0.4, 0.5) is 0 Å². The van der Waals surface area contributed by atoms with Gasteiger partial charge in [-0.1, -0.05) is 32.0 Å². The summed E-state index contributed by atoms with van der Waals surface area (Å²) in [6, 6.07) is 9.28. The summed E-state index contributed by atoms with van der Waals surface area (Å²) in [4.78, 5) is 16.4. The zero-order valence-electron chi connectivity index (χ0n) is 11.8. The molecule has 1 aromatic carbocycles. The molecule has 1 aromatic heterocycles. The lowest BCUT2D eigenvalue weighted by Crippen LogP contribution is -2.32. The molecule has 0 saturated carbocycles. The maximum atomic E-state index is 12.2. The van der Waals surface area contributed by atoms with E-state index in [1.54, 1.807) is 12.3 Å². The smallest absolute Gasteiger partial charge is 0.253 e. The van der Waals surface area contributed by atoms with E-state index >= 15 is 0 Å². The summed E-state index contributed by atoms with van der Waals surface area (Å²) in [7, 11) is 0. The van der Waals surface area contributed by atoms with Crippen molar-refractivity contribution in [2.45, 2.75) is 26.4 Å². The maximum absolute atomic E-state index is 12.2. The molecule has 4 nitrogen and oxygen atoms in total. The largest absolute Gasteiger partial charge is 0.391 e. The van der Waals surface area contributed by atoms with Crippen LogP contribution in [0.15, 0.2) is 36.5 Å². The first-order valence-corrected chi connectivity index (χ1v) is 6.88. The number of nitrogens with one attached hydrogen (secondary N) is 1. The van der Waals surface area contributed by atoms with E-state index in [2.05, 4.69) is 10.3 Å². The molecule has 1 atom stereocenters. The highest BCUT2D eigenvalue weighted by Gasteiger charge is 2.13. The average Bonchev–Trinajstić information content (AvgIpc) is 2.43. The molecular weight excluding hydrogens is 252 g/mol. The third kappa shape index (κ3) is 3.54. The van der Waals surface area contributed by atoms with Crippen molar-refractivity contribution in [3.05, 3.63) is 42.1 Å². The number of carbonyl (C=O) groups is 1. The van der Waals surface area contributed by atoms with Crippen molar-refractivity contribution in [1.82, 2.24) is 10.3 Å². The maximum Gasteiger partial charge on any atom is 0.253 e. The second-order valence-electron chi connectivity index (χ2n) is 5.37. The SMILES string of the molecule is CC(C)CC(O)CNC(=O)c1cccc2cccnc12. The van der Waals surface area contributed by atoms with E-state index in [9.17, 15) is 9.90 Å². The summed E-state index contributed by atoms with van der Waals surface area (Å²) in [6.45, 7) is 4.35. The van der Waals surface area contributed by atoms with Gasteiger partial charge in [-0.2, -0.15) is 0 Å². The Morgan fingerprint density at radius 2 is 2.05 bits per heavy atom. The van der Waals surface area contributed by atoms with Gasteiger partial charge >= 0.3 is 0 Å². The number of nitrogens with zero attached hydrogens (tertiary/aromatic N) is 1. The number of fused-ring (bicyclic) bond motifs is 1. The molecular formula is C16H20N2O2. The highest BCUT2D eigenvalue weighted by atomic mass is 16.3. The lowest BCUT2D eigenvalue weighted by Gasteiger charge is -2.14. The lowest BCUT2D eigenvalue weighted by atomic mass is 10.1. The first-order chi connectivity index (χ1) is 9.58. The Hall–Kier alpha value is -1.94. The van der Waals surface area contributed by atoms with Gasteiger partial charge in [-0.3, -0.25) is 9.78 Å². The fourth-order valence-corrected chi connectivity index (χ4v) is 2.22. The quantitative estimate of drug-likeness (QED) is 0.878. The van der Waals surface area contributed by atoms with E-state index < -0.39 is 6.10 Å². The zero-order chi connectivity index (χ0) is 14.5. The van der Waals surface area contributed by atoms with E-state index in [0.717, 1.165) is 5.39 Å². The van der Waals surface area contributed by atoms with Gasteiger partial charge in [0.2, 0.25) is 0 Å². The fourth-order valence-electron chi connectivity index (χ4n) is 2.22. The van der Waals surface area contributed by atoms with Gasteiger partial charge in [-0.15, -0.1) is 0 Å². The number of rotatable bonds is 5. The number of aliphatic hydroxyl groups excluding tert-OH is 1. The predicted octanol–water partition coefficient (Wildman–Crippen LogP) is 2.37. The predicted molar refractivity (Wildman–Crippen MR) is 79.5 cm³/mol. The number of aliphatic hydroxyl groups is 1. The molecule has 20 heavy (non-hydrogen) atoms. The minimum atomic E-state index is -0.512. The summed E-state index contributed by atoms with van der Waals surface area (Å²) in [5.41, 5.74) is 1.23. The van der Waals surface area contributed by atoms with Crippen molar-refractivity contribution in [3.63, 3.8) is 0 Å². The molecule has 1 unspecified atom stereocenters. The van der Waals surface area contributed by atoms with Gasteiger partial charge in [0.1, 0.15) is 0 Å². The number of carbonyl (C=O) groups excluding carboxylic acids is 1. The minimum absolute atomic E-state index is 0.197. The Balaban J connectivity index is 2.08. The molecule has 0 aliphatic rings. The molecule has 0 fully saturated rings. The van der Waals surface area contributed by atoms with Crippen LogP contribution in [0.3, 0.4) is 0 Å². The number of aromatic nitrogens is 1. The Labute approximate surface area is 118 Å². The normalized spacial score (nSPS) is 12.6. The third-order valence-corrected chi connectivity index (χ3v) is 3.12. The summed E-state index contributed by atoms with van der Waals surface area (Å²) < 4.78 is 0. The Bertz CT molecular complexity index is 591. The fraction of sp³-hybridized carbons (Fsp3) is 0.375. The van der Waals surface area contributed by atoms with Crippen LogP contribution in [-0.4, -0.2) is 28.6 Å². The molecule has 1 amide bonds. The molecule has 2 rings (SSSR count). The van der Waals surface area contributed by atoms with Crippen molar-refractivity contribution >= 4 is 16.8 Å². The molecule has 0 radical (unpaired) electrons. The highest BCUT2D eigenvalue weighted by Crippen LogP contribution is 2.15. The van der Waals surface area contributed by atoms with E-state index in [1.165, 1.54) is 0 Å². The molecule has 106 valence electrons. The van der Waals surface area contributed by atoms with Crippen LogP contribution < -0.4 is 5.32 Å². The Morgan fingerprint density at radius 1 is 1.30 bits per heavy atom. The van der Waals surface area contributed by atoms with Crippen LogP contribution in [-0.2, 0) is 0 Å². The number of amides is 1. The number of pyridine rings is 1. The van der Waals surface area contributed by atoms with Gasteiger partial charge in [0.05, 0.1) is 17.2 Å². The minimum Gasteiger partial charge on any atom is -0.391 e. The van der Waals surface area contributed by atoms with Crippen LogP contribution in [0.2, 0.25) is 0 Å². The Kier molecular flexibility index (Phi) is 4.69. The van der Waals surface area contributed by atoms with Crippen molar-refractivity contribution in [3.8, 4) is 0 Å². The lowest BCUT2D eigenvalue weighted by molar-refractivity contribution is 0.0901. The molecule has 1 heterocycles. The topological polar surface area (TPSA) is 62.2 Å². The van der Waals surface area contributed by atoms with Gasteiger partial charge < -0.3 is 10.4 Å². The van der Waals surface area contributed by atoms with E-state index in [0.29, 0.717) is 23.4 Å². The van der Waals surface area contributed by atoms with Crippen LogP contribution in [0.5, 0.6) is 0 Å². The number of benzene rings is 1. The van der Waals surface area contributed by atoms with Gasteiger partial charge in [0.15, 0.2) is 0 Å². The van der Waals surface area contributed by atoms with Crippen LogP contribution in [0, 0.1) is 5.92 Å². The van der Waals surface area contributed by atoms with Crippen LogP contribution in [0.25, 0.3) is 10.9 Å². The number of para-hydroxylation sites is 1. The van der Waals surface area contributed by atoms with Crippen molar-refractivity contribution < 1.29 is 9.90 Å². The number of hydrogen-bond acceptors (Lipinski definition) is 3. The molecule has 0 aliphatic heterocycles.